The predicted molar refractivity (Wildman–Crippen MR) is 95.6 cm³/mol. The van der Waals surface area contributed by atoms with Crippen molar-refractivity contribution >= 4 is 65.9 Å². The molecule has 4 nitrogen and oxygen atoms in total. The van der Waals surface area contributed by atoms with Crippen molar-refractivity contribution in [2.24, 2.45) is 11.5 Å². The summed E-state index contributed by atoms with van der Waals surface area (Å²) in [4.78, 5) is 2.58. The number of hydrogen-bond acceptors (Lipinski definition) is 6. The molecule has 0 saturated heterocycles. The van der Waals surface area contributed by atoms with Crippen LogP contribution in [-0.4, -0.2) is 10.3 Å². The van der Waals surface area contributed by atoms with Crippen LogP contribution in [0.1, 0.15) is 20.9 Å². The molecule has 0 unspecified atom stereocenters. The standard InChI is InChI=1S/C12H16N4S4/c1-5-7(3-17-11(13)14)19-10-9(5)6(2)8(20-10)4-18-12(15)16/h3-4H2,1-2H3,(H3,13,14)(H3,15,16). The van der Waals surface area contributed by atoms with E-state index in [4.69, 9.17) is 22.3 Å². The molecule has 0 spiro atoms. The van der Waals surface area contributed by atoms with Crippen molar-refractivity contribution in [3.63, 3.8) is 0 Å². The van der Waals surface area contributed by atoms with E-state index in [1.54, 1.807) is 22.7 Å². The lowest BCUT2D eigenvalue weighted by molar-refractivity contribution is 1.39. The van der Waals surface area contributed by atoms with Crippen LogP contribution in [0, 0.1) is 24.7 Å². The van der Waals surface area contributed by atoms with Crippen LogP contribution >= 0.6 is 46.2 Å². The van der Waals surface area contributed by atoms with Gasteiger partial charge in [-0.3, -0.25) is 10.8 Å². The lowest BCUT2D eigenvalue weighted by Crippen LogP contribution is -2.03. The van der Waals surface area contributed by atoms with Crippen molar-refractivity contribution < 1.29 is 0 Å². The van der Waals surface area contributed by atoms with Crippen molar-refractivity contribution in [2.45, 2.75) is 25.4 Å². The normalized spacial score (nSPS) is 11.1. The average Bonchev–Trinajstić information content (AvgIpc) is 2.83. The lowest BCUT2D eigenvalue weighted by Gasteiger charge is -2.01. The summed E-state index contributed by atoms with van der Waals surface area (Å²) in [5, 5.41) is 16.3. The molecule has 2 aromatic heterocycles. The molecule has 0 aliphatic heterocycles. The van der Waals surface area contributed by atoms with Crippen LogP contribution in [0.25, 0.3) is 9.40 Å². The summed E-state index contributed by atoms with van der Waals surface area (Å²) in [6, 6.07) is 0. The fourth-order valence-electron chi connectivity index (χ4n) is 1.93. The molecule has 20 heavy (non-hydrogen) atoms. The quantitative estimate of drug-likeness (QED) is 0.500. The first kappa shape index (κ1) is 15.7. The largest absolute Gasteiger partial charge is 0.379 e. The fourth-order valence-corrected chi connectivity index (χ4v) is 6.30. The average molecular weight is 345 g/mol. The third kappa shape index (κ3) is 3.30. The molecule has 0 atom stereocenters. The number of fused-ring (bicyclic) bond motifs is 1. The summed E-state index contributed by atoms with van der Waals surface area (Å²) in [6.45, 7) is 4.27. The van der Waals surface area contributed by atoms with Crippen molar-refractivity contribution in [1.82, 2.24) is 0 Å². The molecule has 0 aliphatic rings. The van der Waals surface area contributed by atoms with Crippen molar-refractivity contribution in [3.8, 4) is 0 Å². The third-order valence-corrected chi connectivity index (χ3v) is 7.47. The molecule has 0 saturated carbocycles. The minimum atomic E-state index is 0.163. The van der Waals surface area contributed by atoms with Gasteiger partial charge >= 0.3 is 0 Å². The van der Waals surface area contributed by atoms with Crippen LogP contribution in [0.4, 0.5) is 0 Å². The predicted octanol–water partition coefficient (Wildman–Crippen LogP) is 3.83. The van der Waals surface area contributed by atoms with E-state index in [1.807, 2.05) is 0 Å². The monoisotopic (exact) mass is 344 g/mol. The van der Waals surface area contributed by atoms with Gasteiger partial charge in [0.15, 0.2) is 10.3 Å². The molecule has 2 rings (SSSR count). The summed E-state index contributed by atoms with van der Waals surface area (Å²) in [5.74, 6) is 1.54. The summed E-state index contributed by atoms with van der Waals surface area (Å²) in [6.07, 6.45) is 0. The van der Waals surface area contributed by atoms with Gasteiger partial charge in [-0.05, 0) is 25.0 Å². The zero-order valence-corrected chi connectivity index (χ0v) is 14.5. The second-order valence-corrected chi connectivity index (χ2v) is 8.77. The third-order valence-electron chi connectivity index (χ3n) is 2.94. The Labute approximate surface area is 134 Å². The molecule has 0 fully saturated rings. The number of thioether (sulfide) groups is 2. The van der Waals surface area contributed by atoms with E-state index in [2.05, 4.69) is 13.8 Å². The van der Waals surface area contributed by atoms with Gasteiger partial charge in [-0.15, -0.1) is 22.7 Å². The highest BCUT2D eigenvalue weighted by Crippen LogP contribution is 2.42. The van der Waals surface area contributed by atoms with Gasteiger partial charge in [-0.1, -0.05) is 23.5 Å². The highest BCUT2D eigenvalue weighted by atomic mass is 32.2. The van der Waals surface area contributed by atoms with Gasteiger partial charge in [-0.25, -0.2) is 0 Å². The zero-order chi connectivity index (χ0) is 14.9. The Morgan fingerprint density at radius 1 is 0.950 bits per heavy atom. The Bertz CT molecular complexity index is 617. The lowest BCUT2D eigenvalue weighted by atomic mass is 10.1. The van der Waals surface area contributed by atoms with E-state index in [0.717, 1.165) is 11.5 Å². The number of thiophene rings is 2. The first-order valence-electron chi connectivity index (χ1n) is 5.84. The SMILES string of the molecule is Cc1c(CSC(=N)N)sc2sc(CSC(=N)N)c(C)c12. The second kappa shape index (κ2) is 6.38. The smallest absolute Gasteiger partial charge is 0.151 e. The van der Waals surface area contributed by atoms with Crippen LogP contribution in [0.15, 0.2) is 0 Å². The summed E-state index contributed by atoms with van der Waals surface area (Å²) >= 11 is 6.31. The highest BCUT2D eigenvalue weighted by molar-refractivity contribution is 8.13. The van der Waals surface area contributed by atoms with Crippen LogP contribution in [0.2, 0.25) is 0 Å². The molecule has 0 radical (unpaired) electrons. The number of aryl methyl sites for hydroxylation is 2. The first-order valence-corrected chi connectivity index (χ1v) is 9.44. The highest BCUT2D eigenvalue weighted by Gasteiger charge is 2.16. The number of rotatable bonds is 4. The van der Waals surface area contributed by atoms with Crippen LogP contribution in [0.3, 0.4) is 0 Å². The van der Waals surface area contributed by atoms with E-state index in [9.17, 15) is 0 Å². The van der Waals surface area contributed by atoms with Crippen molar-refractivity contribution in [2.75, 3.05) is 0 Å². The Morgan fingerprint density at radius 2 is 1.35 bits per heavy atom. The molecular weight excluding hydrogens is 328 g/mol. The minimum Gasteiger partial charge on any atom is -0.379 e. The summed E-state index contributed by atoms with van der Waals surface area (Å²) in [5.41, 5.74) is 13.4. The molecule has 0 aromatic carbocycles. The zero-order valence-electron chi connectivity index (χ0n) is 11.2. The topological polar surface area (TPSA) is 99.7 Å². The Balaban J connectivity index is 2.28. The summed E-state index contributed by atoms with van der Waals surface area (Å²) < 4.78 is 1.32. The molecule has 108 valence electrons. The number of nitrogens with two attached hydrogens (primary N) is 2. The van der Waals surface area contributed by atoms with E-state index in [0.29, 0.717) is 0 Å². The minimum absolute atomic E-state index is 0.163. The molecule has 6 N–H and O–H groups in total. The van der Waals surface area contributed by atoms with Crippen molar-refractivity contribution in [3.05, 3.63) is 20.9 Å². The van der Waals surface area contributed by atoms with Crippen LogP contribution in [0.5, 0.6) is 0 Å². The fraction of sp³-hybridized carbons (Fsp3) is 0.333. The van der Waals surface area contributed by atoms with E-state index >= 15 is 0 Å². The van der Waals surface area contributed by atoms with Gasteiger partial charge < -0.3 is 11.5 Å². The number of nitrogens with one attached hydrogen (secondary N) is 2. The van der Waals surface area contributed by atoms with Gasteiger partial charge in [-0.2, -0.15) is 0 Å². The second-order valence-electron chi connectivity index (χ2n) is 4.27. The van der Waals surface area contributed by atoms with Gasteiger partial charge in [0.1, 0.15) is 0 Å². The number of hydrogen-bond donors (Lipinski definition) is 4. The van der Waals surface area contributed by atoms with Crippen LogP contribution in [-0.2, 0) is 11.5 Å². The summed E-state index contributed by atoms with van der Waals surface area (Å²) in [7, 11) is 0. The molecular formula is C12H16N4S4. The first-order chi connectivity index (χ1) is 9.40. The maximum absolute atomic E-state index is 7.30. The van der Waals surface area contributed by atoms with Crippen LogP contribution < -0.4 is 11.5 Å². The van der Waals surface area contributed by atoms with Gasteiger partial charge in [0, 0.05) is 26.6 Å². The van der Waals surface area contributed by atoms with Gasteiger partial charge in [0.25, 0.3) is 0 Å². The molecule has 2 heterocycles. The maximum Gasteiger partial charge on any atom is 0.151 e. The molecule has 8 heteroatoms. The van der Waals surface area contributed by atoms with E-state index < -0.39 is 0 Å². The Kier molecular flexibility index (Phi) is 5.00. The molecule has 2 aromatic rings. The maximum atomic E-state index is 7.30. The van der Waals surface area contributed by atoms with E-state index in [1.165, 1.54) is 53.8 Å². The van der Waals surface area contributed by atoms with Gasteiger partial charge in [0.05, 0.1) is 4.01 Å². The van der Waals surface area contributed by atoms with E-state index in [-0.39, 0.29) is 10.3 Å². The molecule has 0 amide bonds. The molecule has 0 bridgehead atoms. The Morgan fingerprint density at radius 3 is 1.65 bits per heavy atom. The number of amidine groups is 2. The van der Waals surface area contributed by atoms with Gasteiger partial charge in [0.2, 0.25) is 0 Å². The molecule has 0 aliphatic carbocycles. The van der Waals surface area contributed by atoms with Crippen molar-refractivity contribution in [1.29, 1.82) is 10.8 Å². The Hall–Kier alpha value is -0.700.